The van der Waals surface area contributed by atoms with Gasteiger partial charge in [-0.2, -0.15) is 0 Å². The number of carbonyl (C=O) groups excluding carboxylic acids is 1. The van der Waals surface area contributed by atoms with Crippen molar-refractivity contribution in [1.82, 2.24) is 5.32 Å². The second-order valence-corrected chi connectivity index (χ2v) is 8.10. The summed E-state index contributed by atoms with van der Waals surface area (Å²) >= 11 is 1.47. The second kappa shape index (κ2) is 5.01. The van der Waals surface area contributed by atoms with Gasteiger partial charge in [-0.05, 0) is 31.4 Å². The minimum atomic E-state index is -2.94. The first-order chi connectivity index (χ1) is 8.41. The lowest BCUT2D eigenvalue weighted by atomic mass is 10.2. The summed E-state index contributed by atoms with van der Waals surface area (Å²) in [6, 6.07) is 1.67. The molecule has 2 heterocycles. The van der Waals surface area contributed by atoms with Crippen molar-refractivity contribution in [2.24, 2.45) is 0 Å². The van der Waals surface area contributed by atoms with Gasteiger partial charge >= 0.3 is 0 Å². The fourth-order valence-electron chi connectivity index (χ4n) is 2.15. The van der Waals surface area contributed by atoms with E-state index in [2.05, 4.69) is 12.2 Å². The molecule has 1 aliphatic heterocycles. The molecule has 1 N–H and O–H groups in total. The predicted molar refractivity (Wildman–Crippen MR) is 73.0 cm³/mol. The highest BCUT2D eigenvalue weighted by atomic mass is 32.2. The number of aryl methyl sites for hydroxylation is 2. The molecule has 0 radical (unpaired) electrons. The molecule has 0 bridgehead atoms. The van der Waals surface area contributed by atoms with Gasteiger partial charge in [-0.15, -0.1) is 11.3 Å². The summed E-state index contributed by atoms with van der Waals surface area (Å²) in [6.45, 7) is 4.06. The normalized spacial score (nSPS) is 22.0. The minimum absolute atomic E-state index is 0.0731. The van der Waals surface area contributed by atoms with E-state index < -0.39 is 9.84 Å². The third kappa shape index (κ3) is 2.92. The molecule has 1 fully saturated rings. The molecular weight excluding hydrogens is 270 g/mol. The summed E-state index contributed by atoms with van der Waals surface area (Å²) in [6.07, 6.45) is 1.44. The summed E-state index contributed by atoms with van der Waals surface area (Å²) < 4.78 is 22.6. The minimum Gasteiger partial charge on any atom is -0.348 e. The Balaban J connectivity index is 2.04. The molecular formula is C12H17NO3S2. The maximum absolute atomic E-state index is 12.0. The van der Waals surface area contributed by atoms with Gasteiger partial charge < -0.3 is 5.32 Å². The molecule has 1 saturated heterocycles. The highest BCUT2D eigenvalue weighted by molar-refractivity contribution is 7.91. The number of carbonyl (C=O) groups is 1. The number of thiophene rings is 1. The molecule has 0 spiro atoms. The molecule has 0 saturated carbocycles. The van der Waals surface area contributed by atoms with Crippen LogP contribution in [0.15, 0.2) is 6.07 Å². The number of hydrogen-bond donors (Lipinski definition) is 1. The second-order valence-electron chi connectivity index (χ2n) is 4.62. The maximum atomic E-state index is 12.0. The first-order valence-corrected chi connectivity index (χ1v) is 8.65. The fraction of sp³-hybridized carbons (Fsp3) is 0.583. The number of hydrogen-bond acceptors (Lipinski definition) is 4. The molecule has 0 aromatic carbocycles. The molecule has 18 heavy (non-hydrogen) atoms. The molecule has 1 amide bonds. The smallest absolute Gasteiger partial charge is 0.261 e. The van der Waals surface area contributed by atoms with Crippen LogP contribution < -0.4 is 5.32 Å². The van der Waals surface area contributed by atoms with Crippen LogP contribution in [0, 0.1) is 6.92 Å². The third-order valence-electron chi connectivity index (χ3n) is 3.19. The molecule has 100 valence electrons. The van der Waals surface area contributed by atoms with Crippen molar-refractivity contribution < 1.29 is 13.2 Å². The zero-order chi connectivity index (χ0) is 13.3. The van der Waals surface area contributed by atoms with Crippen LogP contribution in [0.25, 0.3) is 0 Å². The van der Waals surface area contributed by atoms with E-state index in [1.165, 1.54) is 16.9 Å². The van der Waals surface area contributed by atoms with E-state index in [-0.39, 0.29) is 23.5 Å². The summed E-state index contributed by atoms with van der Waals surface area (Å²) in [4.78, 5) is 13.8. The molecule has 0 aliphatic carbocycles. The average molecular weight is 287 g/mol. The number of amides is 1. The van der Waals surface area contributed by atoms with Crippen LogP contribution in [0.3, 0.4) is 0 Å². The quantitative estimate of drug-likeness (QED) is 0.917. The zero-order valence-corrected chi connectivity index (χ0v) is 12.2. The van der Waals surface area contributed by atoms with Gasteiger partial charge in [0.1, 0.15) is 0 Å². The van der Waals surface area contributed by atoms with E-state index >= 15 is 0 Å². The van der Waals surface area contributed by atoms with Gasteiger partial charge in [0.05, 0.1) is 16.4 Å². The van der Waals surface area contributed by atoms with Gasteiger partial charge in [-0.25, -0.2) is 8.42 Å². The van der Waals surface area contributed by atoms with Crippen LogP contribution in [0.5, 0.6) is 0 Å². The Morgan fingerprint density at radius 1 is 1.56 bits per heavy atom. The topological polar surface area (TPSA) is 63.2 Å². The lowest BCUT2D eigenvalue weighted by Crippen LogP contribution is -2.35. The van der Waals surface area contributed by atoms with E-state index in [1.54, 1.807) is 0 Å². The van der Waals surface area contributed by atoms with E-state index in [9.17, 15) is 13.2 Å². The molecule has 1 aliphatic rings. The highest BCUT2D eigenvalue weighted by Gasteiger charge is 2.29. The fourth-order valence-corrected chi connectivity index (χ4v) is 4.84. The number of sulfone groups is 1. The summed E-state index contributed by atoms with van der Waals surface area (Å²) in [5.74, 6) is 0.107. The van der Waals surface area contributed by atoms with Crippen molar-refractivity contribution in [3.8, 4) is 0 Å². The summed E-state index contributed by atoms with van der Waals surface area (Å²) in [5.41, 5.74) is 1.18. The molecule has 4 nitrogen and oxygen atoms in total. The van der Waals surface area contributed by atoms with Gasteiger partial charge in [-0.3, -0.25) is 4.79 Å². The Hall–Kier alpha value is -0.880. The SMILES string of the molecule is CCc1cc(C(=O)NC2CCS(=O)(=O)C2)sc1C. The van der Waals surface area contributed by atoms with Gasteiger partial charge in [0.25, 0.3) is 5.91 Å². The molecule has 1 aromatic rings. The first-order valence-electron chi connectivity index (χ1n) is 6.02. The van der Waals surface area contributed by atoms with Crippen LogP contribution in [0.2, 0.25) is 0 Å². The van der Waals surface area contributed by atoms with Crippen LogP contribution >= 0.6 is 11.3 Å². The molecule has 1 aromatic heterocycles. The van der Waals surface area contributed by atoms with Crippen LogP contribution in [-0.2, 0) is 16.3 Å². The van der Waals surface area contributed by atoms with Crippen molar-refractivity contribution in [2.45, 2.75) is 32.7 Å². The van der Waals surface area contributed by atoms with Gasteiger partial charge in [0.2, 0.25) is 0 Å². The largest absolute Gasteiger partial charge is 0.348 e. The predicted octanol–water partition coefficient (Wildman–Crippen LogP) is 1.54. The number of nitrogens with one attached hydrogen (secondary N) is 1. The van der Waals surface area contributed by atoms with Crippen molar-refractivity contribution in [3.05, 3.63) is 21.4 Å². The maximum Gasteiger partial charge on any atom is 0.261 e. The average Bonchev–Trinajstić information content (AvgIpc) is 2.81. The van der Waals surface area contributed by atoms with Gasteiger partial charge in [0.15, 0.2) is 9.84 Å². The van der Waals surface area contributed by atoms with E-state index in [1.807, 2.05) is 13.0 Å². The van der Waals surface area contributed by atoms with E-state index in [4.69, 9.17) is 0 Å². The molecule has 1 atom stereocenters. The Kier molecular flexibility index (Phi) is 3.77. The van der Waals surface area contributed by atoms with Gasteiger partial charge in [0, 0.05) is 10.9 Å². The standard InChI is InChI=1S/C12H17NO3S2/c1-3-9-6-11(17-8(9)2)12(14)13-10-4-5-18(15,16)7-10/h6,10H,3-5,7H2,1-2H3,(H,13,14). The van der Waals surface area contributed by atoms with E-state index in [0.717, 1.165) is 11.3 Å². The number of rotatable bonds is 3. The Morgan fingerprint density at radius 3 is 2.78 bits per heavy atom. The van der Waals surface area contributed by atoms with Crippen molar-refractivity contribution in [3.63, 3.8) is 0 Å². The summed E-state index contributed by atoms with van der Waals surface area (Å²) in [7, 11) is -2.94. The van der Waals surface area contributed by atoms with Crippen molar-refractivity contribution >= 4 is 27.1 Å². The Morgan fingerprint density at radius 2 is 2.28 bits per heavy atom. The van der Waals surface area contributed by atoms with Gasteiger partial charge in [-0.1, -0.05) is 6.92 Å². The van der Waals surface area contributed by atoms with Crippen LogP contribution in [-0.4, -0.2) is 31.9 Å². The monoisotopic (exact) mass is 287 g/mol. The Bertz CT molecular complexity index is 560. The van der Waals surface area contributed by atoms with Crippen LogP contribution in [0.4, 0.5) is 0 Å². The lowest BCUT2D eigenvalue weighted by Gasteiger charge is -2.09. The summed E-state index contributed by atoms with van der Waals surface area (Å²) in [5, 5.41) is 2.81. The third-order valence-corrected chi connectivity index (χ3v) is 6.05. The van der Waals surface area contributed by atoms with E-state index in [0.29, 0.717) is 11.3 Å². The zero-order valence-electron chi connectivity index (χ0n) is 10.5. The first kappa shape index (κ1) is 13.5. The van der Waals surface area contributed by atoms with Crippen molar-refractivity contribution in [2.75, 3.05) is 11.5 Å². The molecule has 2 rings (SSSR count). The van der Waals surface area contributed by atoms with Crippen molar-refractivity contribution in [1.29, 1.82) is 0 Å². The lowest BCUT2D eigenvalue weighted by molar-refractivity contribution is 0.0945. The molecule has 6 heteroatoms. The Labute approximate surface area is 111 Å². The van der Waals surface area contributed by atoms with Crippen LogP contribution in [0.1, 0.15) is 33.5 Å². The highest BCUT2D eigenvalue weighted by Crippen LogP contribution is 2.22. The molecule has 1 unspecified atom stereocenters.